The molecule has 130 valence electrons. The monoisotopic (exact) mass is 336 g/mol. The molecule has 0 aromatic heterocycles. The van der Waals surface area contributed by atoms with E-state index in [0.717, 1.165) is 30.9 Å². The molecule has 2 aromatic rings. The zero-order valence-electron chi connectivity index (χ0n) is 14.6. The number of carbonyl (C=O) groups is 1. The van der Waals surface area contributed by atoms with Crippen LogP contribution in [0.25, 0.3) is 0 Å². The van der Waals surface area contributed by atoms with E-state index < -0.39 is 0 Å². The van der Waals surface area contributed by atoms with E-state index in [0.29, 0.717) is 6.04 Å². The maximum Gasteiger partial charge on any atom is 0.221 e. The third-order valence-electron chi connectivity index (χ3n) is 5.20. The lowest BCUT2D eigenvalue weighted by Crippen LogP contribution is -2.38. The summed E-state index contributed by atoms with van der Waals surface area (Å²) in [5.74, 6) is 0.655. The number of fused-ring (bicyclic) bond motifs is 1. The summed E-state index contributed by atoms with van der Waals surface area (Å²) >= 11 is 0. The number of likely N-dealkylation sites (tertiary alicyclic amines) is 1. The van der Waals surface area contributed by atoms with Crippen LogP contribution in [-0.4, -0.2) is 29.9 Å². The molecule has 0 radical (unpaired) electrons. The van der Waals surface area contributed by atoms with Crippen LogP contribution in [0.4, 0.5) is 5.69 Å². The predicted molar refractivity (Wildman–Crippen MR) is 98.9 cm³/mol. The van der Waals surface area contributed by atoms with E-state index in [-0.39, 0.29) is 12.0 Å². The van der Waals surface area contributed by atoms with Crippen molar-refractivity contribution in [3.63, 3.8) is 0 Å². The first-order chi connectivity index (χ1) is 12.2. The summed E-state index contributed by atoms with van der Waals surface area (Å²) in [6.07, 6.45) is 3.57. The van der Waals surface area contributed by atoms with Gasteiger partial charge < -0.3 is 10.1 Å². The highest BCUT2D eigenvalue weighted by atomic mass is 16.5. The second-order valence-corrected chi connectivity index (χ2v) is 6.93. The van der Waals surface area contributed by atoms with Crippen LogP contribution in [0.2, 0.25) is 0 Å². The Kier molecular flexibility index (Phi) is 4.45. The molecule has 1 aliphatic heterocycles. The van der Waals surface area contributed by atoms with Gasteiger partial charge in [0.25, 0.3) is 0 Å². The summed E-state index contributed by atoms with van der Waals surface area (Å²) in [4.78, 5) is 14.1. The standard InChI is InChI=1S/C21H24N2O2/c1-15(24)22-18-10-4-5-11-20(18)25-21-17-9-3-2-8-16(17)14-19(21)23-12-6-7-13-23/h2-5,8-11,19,21H,6-7,12-14H2,1H3,(H,22,24). The molecule has 1 saturated heterocycles. The van der Waals surface area contributed by atoms with Gasteiger partial charge in [-0.3, -0.25) is 9.69 Å². The van der Waals surface area contributed by atoms with E-state index in [1.165, 1.54) is 30.9 Å². The highest BCUT2D eigenvalue weighted by molar-refractivity contribution is 5.90. The number of hydrogen-bond acceptors (Lipinski definition) is 3. The molecule has 4 rings (SSSR count). The van der Waals surface area contributed by atoms with E-state index >= 15 is 0 Å². The predicted octanol–water partition coefficient (Wildman–Crippen LogP) is 3.79. The zero-order chi connectivity index (χ0) is 17.2. The van der Waals surface area contributed by atoms with Gasteiger partial charge in [-0.2, -0.15) is 0 Å². The van der Waals surface area contributed by atoms with Gasteiger partial charge in [-0.1, -0.05) is 36.4 Å². The first kappa shape index (κ1) is 16.2. The van der Waals surface area contributed by atoms with Gasteiger partial charge in [0.1, 0.15) is 11.9 Å². The van der Waals surface area contributed by atoms with Crippen molar-refractivity contribution in [2.45, 2.75) is 38.3 Å². The van der Waals surface area contributed by atoms with Crippen LogP contribution < -0.4 is 10.1 Å². The molecule has 1 heterocycles. The minimum absolute atomic E-state index is 0.00390. The lowest BCUT2D eigenvalue weighted by Gasteiger charge is -2.30. The molecule has 0 saturated carbocycles. The molecule has 4 heteroatoms. The maximum atomic E-state index is 11.5. The van der Waals surface area contributed by atoms with Gasteiger partial charge in [0.05, 0.1) is 11.7 Å². The molecule has 0 bridgehead atoms. The highest BCUT2D eigenvalue weighted by Crippen LogP contribution is 2.40. The molecule has 1 aliphatic carbocycles. The van der Waals surface area contributed by atoms with E-state index in [9.17, 15) is 4.79 Å². The molecule has 1 N–H and O–H groups in total. The number of benzene rings is 2. The summed E-state index contributed by atoms with van der Waals surface area (Å²) in [5.41, 5.74) is 3.39. The summed E-state index contributed by atoms with van der Waals surface area (Å²) in [7, 11) is 0. The lowest BCUT2D eigenvalue weighted by atomic mass is 10.1. The fourth-order valence-corrected chi connectivity index (χ4v) is 4.07. The van der Waals surface area contributed by atoms with Gasteiger partial charge in [-0.05, 0) is 55.6 Å². The van der Waals surface area contributed by atoms with Crippen molar-refractivity contribution in [1.82, 2.24) is 4.90 Å². The number of hydrogen-bond donors (Lipinski definition) is 1. The van der Waals surface area contributed by atoms with Gasteiger partial charge in [-0.25, -0.2) is 0 Å². The molecule has 1 fully saturated rings. The third-order valence-corrected chi connectivity index (χ3v) is 5.20. The van der Waals surface area contributed by atoms with Gasteiger partial charge >= 0.3 is 0 Å². The summed E-state index contributed by atoms with van der Waals surface area (Å²) in [5, 5.41) is 2.88. The van der Waals surface area contributed by atoms with Crippen molar-refractivity contribution in [3.8, 4) is 5.75 Å². The molecular weight excluding hydrogens is 312 g/mol. The first-order valence-electron chi connectivity index (χ1n) is 9.07. The van der Waals surface area contributed by atoms with Crippen molar-refractivity contribution in [3.05, 3.63) is 59.7 Å². The van der Waals surface area contributed by atoms with E-state index in [1.807, 2.05) is 24.3 Å². The lowest BCUT2D eigenvalue weighted by molar-refractivity contribution is -0.114. The van der Waals surface area contributed by atoms with Crippen LogP contribution in [0.15, 0.2) is 48.5 Å². The van der Waals surface area contributed by atoms with Crippen LogP contribution in [0.3, 0.4) is 0 Å². The van der Waals surface area contributed by atoms with Gasteiger partial charge in [0.15, 0.2) is 0 Å². The van der Waals surface area contributed by atoms with Crippen LogP contribution >= 0.6 is 0 Å². The molecule has 2 unspecified atom stereocenters. The Balaban J connectivity index is 1.65. The Morgan fingerprint density at radius 1 is 1.08 bits per heavy atom. The van der Waals surface area contributed by atoms with Gasteiger partial charge in [-0.15, -0.1) is 0 Å². The smallest absolute Gasteiger partial charge is 0.221 e. The molecule has 2 atom stereocenters. The fourth-order valence-electron chi connectivity index (χ4n) is 4.07. The first-order valence-corrected chi connectivity index (χ1v) is 9.07. The maximum absolute atomic E-state index is 11.5. The van der Waals surface area contributed by atoms with Crippen LogP contribution in [-0.2, 0) is 11.2 Å². The van der Waals surface area contributed by atoms with Gasteiger partial charge in [0, 0.05) is 6.92 Å². The molecule has 1 amide bonds. The average Bonchev–Trinajstić information content (AvgIpc) is 3.24. The average molecular weight is 336 g/mol. The summed E-state index contributed by atoms with van der Waals surface area (Å²) < 4.78 is 6.50. The number of amides is 1. The molecule has 25 heavy (non-hydrogen) atoms. The zero-order valence-corrected chi connectivity index (χ0v) is 14.6. The van der Waals surface area contributed by atoms with E-state index in [4.69, 9.17) is 4.74 Å². The van der Waals surface area contributed by atoms with E-state index in [2.05, 4.69) is 34.5 Å². The number of carbonyl (C=O) groups excluding carboxylic acids is 1. The topological polar surface area (TPSA) is 41.6 Å². The second-order valence-electron chi connectivity index (χ2n) is 6.93. The van der Waals surface area contributed by atoms with E-state index in [1.54, 1.807) is 0 Å². The third kappa shape index (κ3) is 3.27. The number of rotatable bonds is 4. The summed E-state index contributed by atoms with van der Waals surface area (Å²) in [6.45, 7) is 3.81. The van der Waals surface area contributed by atoms with Crippen molar-refractivity contribution in [2.75, 3.05) is 18.4 Å². The van der Waals surface area contributed by atoms with Gasteiger partial charge in [0.2, 0.25) is 5.91 Å². The SMILES string of the molecule is CC(=O)Nc1ccccc1OC1c2ccccc2CC1N1CCCC1. The fraction of sp³-hybridized carbons (Fsp3) is 0.381. The van der Waals surface area contributed by atoms with Crippen LogP contribution in [0.5, 0.6) is 5.75 Å². The number of nitrogens with zero attached hydrogens (tertiary/aromatic N) is 1. The van der Waals surface area contributed by atoms with Crippen molar-refractivity contribution < 1.29 is 9.53 Å². The quantitative estimate of drug-likeness (QED) is 0.924. The minimum atomic E-state index is -0.0843. The van der Waals surface area contributed by atoms with Crippen LogP contribution in [0.1, 0.15) is 37.0 Å². The Bertz CT molecular complexity index is 768. The summed E-state index contributed by atoms with van der Waals surface area (Å²) in [6, 6.07) is 16.6. The Morgan fingerprint density at radius 3 is 2.60 bits per heavy atom. The Labute approximate surface area is 148 Å². The number of para-hydroxylation sites is 2. The Morgan fingerprint density at radius 2 is 1.80 bits per heavy atom. The molecule has 2 aromatic carbocycles. The van der Waals surface area contributed by atoms with Crippen molar-refractivity contribution in [2.24, 2.45) is 0 Å². The van der Waals surface area contributed by atoms with Crippen molar-refractivity contribution in [1.29, 1.82) is 0 Å². The molecular formula is C21H24N2O2. The normalized spacial score (nSPS) is 22.6. The Hall–Kier alpha value is -2.33. The minimum Gasteiger partial charge on any atom is -0.482 e. The molecule has 0 spiro atoms. The van der Waals surface area contributed by atoms with Crippen molar-refractivity contribution >= 4 is 11.6 Å². The number of nitrogens with one attached hydrogen (secondary N) is 1. The highest BCUT2D eigenvalue weighted by Gasteiger charge is 2.38. The number of anilines is 1. The second kappa shape index (κ2) is 6.89. The largest absolute Gasteiger partial charge is 0.482 e. The van der Waals surface area contributed by atoms with Crippen LogP contribution in [0, 0.1) is 0 Å². The number of ether oxygens (including phenoxy) is 1. The molecule has 4 nitrogen and oxygen atoms in total. The molecule has 2 aliphatic rings.